The molecule has 1 atom stereocenters. The molecular formula is C18H16ClNO4. The molecule has 5 nitrogen and oxygen atoms in total. The summed E-state index contributed by atoms with van der Waals surface area (Å²) >= 11 is 6.07. The van der Waals surface area contributed by atoms with Crippen molar-refractivity contribution in [2.75, 3.05) is 6.61 Å². The Hall–Kier alpha value is -2.53. The van der Waals surface area contributed by atoms with E-state index in [1.807, 2.05) is 0 Å². The van der Waals surface area contributed by atoms with Gasteiger partial charge in [-0.1, -0.05) is 23.7 Å². The van der Waals surface area contributed by atoms with Crippen molar-refractivity contribution >= 4 is 23.5 Å². The van der Waals surface area contributed by atoms with E-state index < -0.39 is 5.97 Å². The Morgan fingerprint density at radius 3 is 2.75 bits per heavy atom. The zero-order valence-corrected chi connectivity index (χ0v) is 13.8. The Labute approximate surface area is 144 Å². The van der Waals surface area contributed by atoms with Crippen LogP contribution in [0.1, 0.15) is 44.3 Å². The Kier molecular flexibility index (Phi) is 4.44. The van der Waals surface area contributed by atoms with E-state index in [0.717, 1.165) is 5.56 Å². The van der Waals surface area contributed by atoms with E-state index in [1.165, 1.54) is 0 Å². The average Bonchev–Trinajstić information content (AvgIpc) is 2.55. The highest BCUT2D eigenvalue weighted by atomic mass is 35.5. The number of amides is 1. The van der Waals surface area contributed by atoms with Gasteiger partial charge in [0.05, 0.1) is 28.8 Å². The molecule has 1 aliphatic heterocycles. The smallest absolute Gasteiger partial charge is 0.335 e. The van der Waals surface area contributed by atoms with Crippen LogP contribution in [0.4, 0.5) is 0 Å². The molecule has 1 unspecified atom stereocenters. The van der Waals surface area contributed by atoms with Gasteiger partial charge in [-0.15, -0.1) is 0 Å². The van der Waals surface area contributed by atoms with Crippen molar-refractivity contribution < 1.29 is 19.4 Å². The first-order valence-electron chi connectivity index (χ1n) is 7.53. The molecule has 124 valence electrons. The number of ether oxygens (including phenoxy) is 1. The lowest BCUT2D eigenvalue weighted by Crippen LogP contribution is -2.32. The van der Waals surface area contributed by atoms with Gasteiger partial charge >= 0.3 is 5.97 Å². The number of carbonyl (C=O) groups is 2. The second-order valence-corrected chi connectivity index (χ2v) is 6.07. The first-order valence-corrected chi connectivity index (χ1v) is 7.91. The molecule has 2 aromatic rings. The molecule has 0 bridgehead atoms. The number of nitrogens with one attached hydrogen (secondary N) is 1. The Bertz CT molecular complexity index is 819. The standard InChI is InChI=1S/C18H16ClNO4/c1-10-8-11(18(22)23)9-13-15(6-7-24-16(10)13)20-17(21)12-4-2-3-5-14(12)19/h2-5,8-9,15H,6-7H2,1H3,(H,20,21)(H,22,23). The van der Waals surface area contributed by atoms with E-state index in [1.54, 1.807) is 43.3 Å². The number of aromatic carboxylic acids is 1. The minimum atomic E-state index is -1.01. The second-order valence-electron chi connectivity index (χ2n) is 5.66. The van der Waals surface area contributed by atoms with Crippen LogP contribution in [0.2, 0.25) is 5.02 Å². The third kappa shape index (κ3) is 3.08. The van der Waals surface area contributed by atoms with Gasteiger partial charge in [0.25, 0.3) is 5.91 Å². The number of aryl methyl sites for hydroxylation is 1. The highest BCUT2D eigenvalue weighted by molar-refractivity contribution is 6.33. The molecule has 2 N–H and O–H groups in total. The maximum atomic E-state index is 12.5. The van der Waals surface area contributed by atoms with Gasteiger partial charge in [-0.25, -0.2) is 4.79 Å². The molecule has 2 aromatic carbocycles. The van der Waals surface area contributed by atoms with Crippen molar-refractivity contribution in [3.05, 3.63) is 63.7 Å². The maximum absolute atomic E-state index is 12.5. The largest absolute Gasteiger partial charge is 0.493 e. The summed E-state index contributed by atoms with van der Waals surface area (Å²) in [5.41, 5.74) is 1.98. The molecule has 24 heavy (non-hydrogen) atoms. The lowest BCUT2D eigenvalue weighted by Gasteiger charge is -2.28. The van der Waals surface area contributed by atoms with E-state index in [9.17, 15) is 14.7 Å². The van der Waals surface area contributed by atoms with Crippen molar-refractivity contribution in [2.45, 2.75) is 19.4 Å². The fourth-order valence-electron chi connectivity index (χ4n) is 2.85. The van der Waals surface area contributed by atoms with Crippen LogP contribution in [-0.2, 0) is 0 Å². The predicted octanol–water partition coefficient (Wildman–Crippen LogP) is 3.60. The molecule has 0 fully saturated rings. The monoisotopic (exact) mass is 345 g/mol. The summed E-state index contributed by atoms with van der Waals surface area (Å²) in [5.74, 6) is -0.671. The van der Waals surface area contributed by atoms with Gasteiger partial charge in [-0.05, 0) is 36.8 Å². The number of halogens is 1. The second kappa shape index (κ2) is 6.53. The number of carboxylic acid groups (broad SMARTS) is 1. The van der Waals surface area contributed by atoms with Crippen LogP contribution in [-0.4, -0.2) is 23.6 Å². The van der Waals surface area contributed by atoms with Gasteiger partial charge in [0.15, 0.2) is 0 Å². The highest BCUT2D eigenvalue weighted by Crippen LogP contribution is 2.36. The molecule has 0 radical (unpaired) electrons. The summed E-state index contributed by atoms with van der Waals surface area (Å²) in [5, 5.41) is 12.5. The topological polar surface area (TPSA) is 75.6 Å². The molecular weight excluding hydrogens is 330 g/mol. The van der Waals surface area contributed by atoms with E-state index in [0.29, 0.717) is 34.9 Å². The van der Waals surface area contributed by atoms with Crippen molar-refractivity contribution in [1.29, 1.82) is 0 Å². The number of carbonyl (C=O) groups excluding carboxylic acids is 1. The van der Waals surface area contributed by atoms with E-state index >= 15 is 0 Å². The van der Waals surface area contributed by atoms with Gasteiger partial charge in [0, 0.05) is 12.0 Å². The van der Waals surface area contributed by atoms with Crippen molar-refractivity contribution in [3.63, 3.8) is 0 Å². The normalized spacial score (nSPS) is 16.0. The quantitative estimate of drug-likeness (QED) is 0.891. The molecule has 3 rings (SSSR count). The van der Waals surface area contributed by atoms with Crippen LogP contribution in [0.15, 0.2) is 36.4 Å². The van der Waals surface area contributed by atoms with Crippen LogP contribution >= 0.6 is 11.6 Å². The number of carboxylic acids is 1. The average molecular weight is 346 g/mol. The molecule has 0 aliphatic carbocycles. The number of fused-ring (bicyclic) bond motifs is 1. The SMILES string of the molecule is Cc1cc(C(=O)O)cc2c1OCCC2NC(=O)c1ccccc1Cl. The summed E-state index contributed by atoms with van der Waals surface area (Å²) in [6.07, 6.45) is 0.561. The third-order valence-electron chi connectivity index (χ3n) is 4.00. The number of hydrogen-bond acceptors (Lipinski definition) is 3. The molecule has 0 aromatic heterocycles. The fraction of sp³-hybridized carbons (Fsp3) is 0.222. The van der Waals surface area contributed by atoms with Crippen LogP contribution < -0.4 is 10.1 Å². The summed E-state index contributed by atoms with van der Waals surface area (Å²) in [7, 11) is 0. The van der Waals surface area contributed by atoms with Crippen molar-refractivity contribution in [2.24, 2.45) is 0 Å². The minimum absolute atomic E-state index is 0.175. The Balaban J connectivity index is 1.93. The Morgan fingerprint density at radius 1 is 1.29 bits per heavy atom. The number of hydrogen-bond donors (Lipinski definition) is 2. The van der Waals surface area contributed by atoms with E-state index in [2.05, 4.69) is 5.32 Å². The Morgan fingerprint density at radius 2 is 2.04 bits per heavy atom. The first kappa shape index (κ1) is 16.3. The zero-order chi connectivity index (χ0) is 17.3. The summed E-state index contributed by atoms with van der Waals surface area (Å²) < 4.78 is 5.66. The molecule has 0 saturated carbocycles. The summed E-state index contributed by atoms with van der Waals surface area (Å²) in [4.78, 5) is 23.8. The fourth-order valence-corrected chi connectivity index (χ4v) is 3.07. The third-order valence-corrected chi connectivity index (χ3v) is 4.33. The molecule has 6 heteroatoms. The van der Waals surface area contributed by atoms with E-state index in [-0.39, 0.29) is 17.5 Å². The molecule has 1 amide bonds. The predicted molar refractivity (Wildman–Crippen MR) is 89.9 cm³/mol. The summed E-state index contributed by atoms with van der Waals surface area (Å²) in [6, 6.07) is 9.60. The first-order chi connectivity index (χ1) is 11.5. The molecule has 0 spiro atoms. The molecule has 0 saturated heterocycles. The maximum Gasteiger partial charge on any atom is 0.335 e. The number of rotatable bonds is 3. The van der Waals surface area contributed by atoms with Gasteiger partial charge in [0.2, 0.25) is 0 Å². The molecule has 1 heterocycles. The van der Waals surface area contributed by atoms with Crippen LogP contribution in [0, 0.1) is 6.92 Å². The van der Waals surface area contributed by atoms with Crippen LogP contribution in [0.5, 0.6) is 5.75 Å². The number of benzene rings is 2. The van der Waals surface area contributed by atoms with Crippen LogP contribution in [0.25, 0.3) is 0 Å². The van der Waals surface area contributed by atoms with Gasteiger partial charge < -0.3 is 15.2 Å². The minimum Gasteiger partial charge on any atom is -0.493 e. The van der Waals surface area contributed by atoms with Crippen molar-refractivity contribution in [1.82, 2.24) is 5.32 Å². The van der Waals surface area contributed by atoms with Gasteiger partial charge in [-0.2, -0.15) is 0 Å². The van der Waals surface area contributed by atoms with Gasteiger partial charge in [0.1, 0.15) is 5.75 Å². The van der Waals surface area contributed by atoms with Crippen molar-refractivity contribution in [3.8, 4) is 5.75 Å². The molecule has 1 aliphatic rings. The highest BCUT2D eigenvalue weighted by Gasteiger charge is 2.26. The zero-order valence-electron chi connectivity index (χ0n) is 13.0. The lowest BCUT2D eigenvalue weighted by molar-refractivity contribution is 0.0696. The van der Waals surface area contributed by atoms with E-state index in [4.69, 9.17) is 16.3 Å². The van der Waals surface area contributed by atoms with Gasteiger partial charge in [-0.3, -0.25) is 4.79 Å². The van der Waals surface area contributed by atoms with Crippen LogP contribution in [0.3, 0.4) is 0 Å². The summed E-state index contributed by atoms with van der Waals surface area (Å²) in [6.45, 7) is 2.25. The lowest BCUT2D eigenvalue weighted by atomic mass is 9.95.